The number of hydrogen-bond donors (Lipinski definition) is 1. The van der Waals surface area contributed by atoms with Crippen LogP contribution < -0.4 is 15.2 Å². The molecular formula is C11H12F3NO3. The number of nitrogens with two attached hydrogens (primary N) is 1. The van der Waals surface area contributed by atoms with Crippen LogP contribution in [-0.4, -0.2) is 18.4 Å². The maximum atomic E-state index is 11.9. The standard InChI is InChI=1S/C11H12F3NO3/c1-2-9(10(15)16)17-7-3-5-8(6-4-7)18-11(12,13)14/h3-6,9H,2H2,1H3,(H2,15,16). The number of halogens is 3. The van der Waals surface area contributed by atoms with Gasteiger partial charge in [-0.3, -0.25) is 4.79 Å². The normalized spacial score (nSPS) is 12.9. The fraction of sp³-hybridized carbons (Fsp3) is 0.364. The summed E-state index contributed by atoms with van der Waals surface area (Å²) in [6.07, 6.45) is -5.17. The molecule has 0 aliphatic heterocycles. The minimum absolute atomic E-state index is 0.246. The Labute approximate surface area is 101 Å². The average molecular weight is 263 g/mol. The second-order valence-corrected chi connectivity index (χ2v) is 3.44. The molecule has 0 aromatic heterocycles. The van der Waals surface area contributed by atoms with E-state index in [0.29, 0.717) is 6.42 Å². The molecule has 0 saturated carbocycles. The summed E-state index contributed by atoms with van der Waals surface area (Å²) in [5.74, 6) is -0.745. The minimum Gasteiger partial charge on any atom is -0.481 e. The highest BCUT2D eigenvalue weighted by Crippen LogP contribution is 2.25. The molecule has 2 N–H and O–H groups in total. The highest BCUT2D eigenvalue weighted by molar-refractivity contribution is 5.79. The lowest BCUT2D eigenvalue weighted by atomic mass is 10.2. The molecule has 1 aromatic carbocycles. The number of rotatable bonds is 5. The summed E-state index contributed by atoms with van der Waals surface area (Å²) in [5, 5.41) is 0. The second kappa shape index (κ2) is 5.61. The zero-order valence-electron chi connectivity index (χ0n) is 9.53. The molecule has 1 atom stereocenters. The van der Waals surface area contributed by atoms with E-state index in [9.17, 15) is 18.0 Å². The largest absolute Gasteiger partial charge is 0.573 e. The number of ether oxygens (including phenoxy) is 2. The number of benzene rings is 1. The fourth-order valence-corrected chi connectivity index (χ4v) is 1.23. The second-order valence-electron chi connectivity index (χ2n) is 3.44. The van der Waals surface area contributed by atoms with E-state index in [2.05, 4.69) is 4.74 Å². The zero-order valence-corrected chi connectivity index (χ0v) is 9.53. The van der Waals surface area contributed by atoms with E-state index in [1.807, 2.05) is 0 Å². The lowest BCUT2D eigenvalue weighted by Gasteiger charge is -2.14. The molecule has 7 heteroatoms. The first-order chi connectivity index (χ1) is 8.31. The van der Waals surface area contributed by atoms with E-state index < -0.39 is 18.4 Å². The Morgan fingerprint density at radius 1 is 1.28 bits per heavy atom. The zero-order chi connectivity index (χ0) is 13.8. The first-order valence-corrected chi connectivity index (χ1v) is 5.13. The van der Waals surface area contributed by atoms with Crippen molar-refractivity contribution in [1.82, 2.24) is 0 Å². The molecule has 0 spiro atoms. The van der Waals surface area contributed by atoms with Gasteiger partial charge in [0.05, 0.1) is 0 Å². The van der Waals surface area contributed by atoms with Crippen LogP contribution in [0.4, 0.5) is 13.2 Å². The Hall–Kier alpha value is -1.92. The average Bonchev–Trinajstić information content (AvgIpc) is 2.25. The van der Waals surface area contributed by atoms with Crippen molar-refractivity contribution in [2.24, 2.45) is 5.73 Å². The quantitative estimate of drug-likeness (QED) is 0.886. The lowest BCUT2D eigenvalue weighted by molar-refractivity contribution is -0.274. The van der Waals surface area contributed by atoms with Crippen LogP contribution in [-0.2, 0) is 4.79 Å². The van der Waals surface area contributed by atoms with Crippen LogP contribution in [0, 0.1) is 0 Å². The van der Waals surface area contributed by atoms with Crippen molar-refractivity contribution in [3.8, 4) is 11.5 Å². The molecule has 0 heterocycles. The predicted octanol–water partition coefficient (Wildman–Crippen LogP) is 2.23. The Morgan fingerprint density at radius 3 is 2.17 bits per heavy atom. The van der Waals surface area contributed by atoms with Gasteiger partial charge in [-0.2, -0.15) is 0 Å². The molecule has 0 aliphatic rings. The highest BCUT2D eigenvalue weighted by Gasteiger charge is 2.31. The van der Waals surface area contributed by atoms with E-state index in [1.54, 1.807) is 6.92 Å². The number of carbonyl (C=O) groups excluding carboxylic acids is 1. The van der Waals surface area contributed by atoms with Crippen molar-refractivity contribution < 1.29 is 27.4 Å². The Kier molecular flexibility index (Phi) is 4.41. The molecule has 0 saturated heterocycles. The number of alkyl halides is 3. The number of hydrogen-bond acceptors (Lipinski definition) is 3. The maximum absolute atomic E-state index is 11.9. The van der Waals surface area contributed by atoms with Gasteiger partial charge < -0.3 is 15.2 Å². The van der Waals surface area contributed by atoms with E-state index in [4.69, 9.17) is 10.5 Å². The molecule has 1 aromatic rings. The molecule has 4 nitrogen and oxygen atoms in total. The molecule has 0 aliphatic carbocycles. The van der Waals surface area contributed by atoms with Crippen molar-refractivity contribution in [2.45, 2.75) is 25.8 Å². The van der Waals surface area contributed by atoms with Gasteiger partial charge in [0, 0.05) is 0 Å². The van der Waals surface area contributed by atoms with Crippen molar-refractivity contribution in [1.29, 1.82) is 0 Å². The third kappa shape index (κ3) is 4.52. The molecular weight excluding hydrogens is 251 g/mol. The summed E-state index contributed by atoms with van der Waals surface area (Å²) in [7, 11) is 0. The van der Waals surface area contributed by atoms with Gasteiger partial charge in [-0.05, 0) is 30.7 Å². The Bertz CT molecular complexity index is 403. The molecule has 1 unspecified atom stereocenters. The van der Waals surface area contributed by atoms with Gasteiger partial charge in [-0.15, -0.1) is 13.2 Å². The van der Waals surface area contributed by atoms with Gasteiger partial charge in [0.25, 0.3) is 5.91 Å². The summed E-state index contributed by atoms with van der Waals surface area (Å²) >= 11 is 0. The molecule has 0 bridgehead atoms. The molecule has 0 radical (unpaired) electrons. The summed E-state index contributed by atoms with van der Waals surface area (Å²) in [6, 6.07) is 4.73. The monoisotopic (exact) mass is 263 g/mol. The van der Waals surface area contributed by atoms with Crippen molar-refractivity contribution in [2.75, 3.05) is 0 Å². The van der Waals surface area contributed by atoms with Crippen molar-refractivity contribution in [3.63, 3.8) is 0 Å². The van der Waals surface area contributed by atoms with E-state index in [0.717, 1.165) is 12.1 Å². The summed E-state index contributed by atoms with van der Waals surface area (Å²) < 4.78 is 44.6. The Morgan fingerprint density at radius 2 is 1.78 bits per heavy atom. The fourth-order valence-electron chi connectivity index (χ4n) is 1.23. The van der Waals surface area contributed by atoms with Gasteiger partial charge in [0.1, 0.15) is 11.5 Å². The number of amides is 1. The lowest BCUT2D eigenvalue weighted by Crippen LogP contribution is -2.32. The van der Waals surface area contributed by atoms with Crippen molar-refractivity contribution >= 4 is 5.91 Å². The van der Waals surface area contributed by atoms with Crippen LogP contribution in [0.3, 0.4) is 0 Å². The predicted molar refractivity (Wildman–Crippen MR) is 57.0 cm³/mol. The van der Waals surface area contributed by atoms with Crippen molar-refractivity contribution in [3.05, 3.63) is 24.3 Å². The third-order valence-electron chi connectivity index (χ3n) is 2.02. The van der Waals surface area contributed by atoms with Crippen LogP contribution in [0.25, 0.3) is 0 Å². The van der Waals surface area contributed by atoms with Crippen LogP contribution in [0.2, 0.25) is 0 Å². The first kappa shape index (κ1) is 14.1. The van der Waals surface area contributed by atoms with Crippen LogP contribution in [0.15, 0.2) is 24.3 Å². The molecule has 1 rings (SSSR count). The van der Waals surface area contributed by atoms with E-state index >= 15 is 0 Å². The van der Waals surface area contributed by atoms with Gasteiger partial charge in [0.2, 0.25) is 0 Å². The molecule has 18 heavy (non-hydrogen) atoms. The van der Waals surface area contributed by atoms with Gasteiger partial charge in [-0.25, -0.2) is 0 Å². The summed E-state index contributed by atoms with van der Waals surface area (Å²) in [6.45, 7) is 1.70. The number of primary amides is 1. The van der Waals surface area contributed by atoms with E-state index in [-0.39, 0.29) is 11.5 Å². The Balaban J connectivity index is 2.68. The van der Waals surface area contributed by atoms with Crippen LogP contribution in [0.5, 0.6) is 11.5 Å². The number of carbonyl (C=O) groups is 1. The third-order valence-corrected chi connectivity index (χ3v) is 2.02. The summed E-state index contributed by atoms with van der Waals surface area (Å²) in [4.78, 5) is 10.9. The van der Waals surface area contributed by atoms with E-state index in [1.165, 1.54) is 12.1 Å². The van der Waals surface area contributed by atoms with Gasteiger partial charge in [0.15, 0.2) is 6.10 Å². The molecule has 100 valence electrons. The summed E-state index contributed by atoms with van der Waals surface area (Å²) in [5.41, 5.74) is 5.07. The smallest absolute Gasteiger partial charge is 0.481 e. The SMILES string of the molecule is CCC(Oc1ccc(OC(F)(F)F)cc1)C(N)=O. The topological polar surface area (TPSA) is 61.6 Å². The van der Waals surface area contributed by atoms with Gasteiger partial charge in [-0.1, -0.05) is 6.92 Å². The first-order valence-electron chi connectivity index (χ1n) is 5.13. The molecule has 1 amide bonds. The van der Waals surface area contributed by atoms with Gasteiger partial charge >= 0.3 is 6.36 Å². The highest BCUT2D eigenvalue weighted by atomic mass is 19.4. The molecule has 0 fully saturated rings. The van der Waals surface area contributed by atoms with Crippen LogP contribution in [0.1, 0.15) is 13.3 Å². The minimum atomic E-state index is -4.73. The maximum Gasteiger partial charge on any atom is 0.573 e. The van der Waals surface area contributed by atoms with Crippen LogP contribution >= 0.6 is 0 Å².